The first kappa shape index (κ1) is 30.2. The number of fused-ring (bicyclic) bond motifs is 2. The quantitative estimate of drug-likeness (QED) is 0.146. The molecule has 0 heterocycles. The van der Waals surface area contributed by atoms with Crippen molar-refractivity contribution >= 4 is 47.3 Å². The highest BCUT2D eigenvalue weighted by Crippen LogP contribution is 2.47. The van der Waals surface area contributed by atoms with Gasteiger partial charge in [-0.3, -0.25) is 9.13 Å². The average Bonchev–Trinajstić information content (AvgIpc) is 2.94. The van der Waals surface area contributed by atoms with Crippen molar-refractivity contribution in [3.05, 3.63) is 119 Å². The maximum absolute atomic E-state index is 13.0. The highest BCUT2D eigenvalue weighted by Gasteiger charge is 2.31. The molecule has 0 saturated carbocycles. The molecular formula is C36H32O6P2. The molecule has 222 valence electrons. The summed E-state index contributed by atoms with van der Waals surface area (Å²) in [6, 6.07) is 29.5. The van der Waals surface area contributed by atoms with Gasteiger partial charge in [0.2, 0.25) is 0 Å². The Hall–Kier alpha value is -3.86. The van der Waals surface area contributed by atoms with Gasteiger partial charge >= 0.3 is 15.2 Å². The zero-order valence-electron chi connectivity index (χ0n) is 24.7. The third kappa shape index (κ3) is 5.25. The fourth-order valence-corrected chi connectivity index (χ4v) is 8.08. The molecule has 0 saturated heterocycles. The molecule has 44 heavy (non-hydrogen) atoms. The van der Waals surface area contributed by atoms with Crippen LogP contribution in [0, 0.1) is 27.7 Å². The number of aryl methyl sites for hydroxylation is 4. The summed E-state index contributed by atoms with van der Waals surface area (Å²) in [6.45, 7) is 8.13. The Balaban J connectivity index is 1.71. The number of rotatable bonds is 5. The van der Waals surface area contributed by atoms with Crippen molar-refractivity contribution in [1.82, 2.24) is 0 Å². The van der Waals surface area contributed by atoms with Crippen LogP contribution in [0.2, 0.25) is 0 Å². The molecule has 0 aromatic heterocycles. The van der Waals surface area contributed by atoms with Gasteiger partial charge in [-0.15, -0.1) is 0 Å². The van der Waals surface area contributed by atoms with Crippen LogP contribution in [-0.4, -0.2) is 19.6 Å². The van der Waals surface area contributed by atoms with Gasteiger partial charge in [-0.1, -0.05) is 72.8 Å². The van der Waals surface area contributed by atoms with Crippen LogP contribution in [0.5, 0.6) is 0 Å². The molecular weight excluding hydrogens is 590 g/mol. The van der Waals surface area contributed by atoms with Crippen molar-refractivity contribution in [3.63, 3.8) is 0 Å². The largest absolute Gasteiger partial charge is 0.356 e. The lowest BCUT2D eigenvalue weighted by molar-refractivity contribution is 0.385. The lowest BCUT2D eigenvalue weighted by Gasteiger charge is -2.21. The predicted octanol–water partition coefficient (Wildman–Crippen LogP) is 7.83. The molecule has 0 unspecified atom stereocenters. The fraction of sp³-hybridized carbons (Fsp3) is 0.111. The van der Waals surface area contributed by atoms with E-state index in [2.05, 4.69) is 0 Å². The Bertz CT molecular complexity index is 2030. The first-order valence-electron chi connectivity index (χ1n) is 14.1. The summed E-state index contributed by atoms with van der Waals surface area (Å²) < 4.78 is 25.9. The third-order valence-corrected chi connectivity index (χ3v) is 10.4. The molecule has 0 aliphatic carbocycles. The zero-order chi connectivity index (χ0) is 31.6. The Morgan fingerprint density at radius 3 is 1.09 bits per heavy atom. The minimum absolute atomic E-state index is 0.118. The number of benzene rings is 6. The van der Waals surface area contributed by atoms with Gasteiger partial charge in [-0.25, -0.2) is 0 Å². The number of hydrogen-bond acceptors (Lipinski definition) is 2. The molecule has 0 atom stereocenters. The van der Waals surface area contributed by atoms with Crippen LogP contribution in [0.25, 0.3) is 54.9 Å². The van der Waals surface area contributed by atoms with Crippen LogP contribution in [0.15, 0.2) is 97.1 Å². The minimum atomic E-state index is -4.88. The molecule has 0 amide bonds. The molecule has 6 aromatic rings. The van der Waals surface area contributed by atoms with Crippen molar-refractivity contribution in [2.45, 2.75) is 27.7 Å². The van der Waals surface area contributed by atoms with Crippen LogP contribution >= 0.6 is 15.2 Å². The molecule has 4 N–H and O–H groups in total. The van der Waals surface area contributed by atoms with Crippen molar-refractivity contribution in [3.8, 4) is 33.4 Å². The monoisotopic (exact) mass is 622 g/mol. The van der Waals surface area contributed by atoms with Gasteiger partial charge in [0.15, 0.2) is 0 Å². The molecule has 6 rings (SSSR count). The molecule has 6 aromatic carbocycles. The van der Waals surface area contributed by atoms with E-state index in [1.807, 2.05) is 88.4 Å². The van der Waals surface area contributed by atoms with Crippen LogP contribution < -0.4 is 10.6 Å². The van der Waals surface area contributed by atoms with Gasteiger partial charge < -0.3 is 19.6 Å². The van der Waals surface area contributed by atoms with Crippen LogP contribution in [0.3, 0.4) is 0 Å². The Morgan fingerprint density at radius 1 is 0.432 bits per heavy atom. The Kier molecular flexibility index (Phi) is 7.50. The molecule has 6 nitrogen and oxygen atoms in total. The second-order valence-electron chi connectivity index (χ2n) is 11.4. The van der Waals surface area contributed by atoms with Gasteiger partial charge in [0.25, 0.3) is 0 Å². The molecule has 0 spiro atoms. The lowest BCUT2D eigenvalue weighted by atomic mass is 9.89. The maximum Gasteiger partial charge on any atom is 0.356 e. The van der Waals surface area contributed by atoms with Crippen molar-refractivity contribution < 1.29 is 28.7 Å². The minimum Gasteiger partial charge on any atom is -0.321 e. The summed E-state index contributed by atoms with van der Waals surface area (Å²) in [4.78, 5) is 42.1. The summed E-state index contributed by atoms with van der Waals surface area (Å²) >= 11 is 0. The summed E-state index contributed by atoms with van der Waals surface area (Å²) in [6.07, 6.45) is 0. The van der Waals surface area contributed by atoms with E-state index in [-0.39, 0.29) is 21.7 Å². The lowest BCUT2D eigenvalue weighted by Crippen LogP contribution is -2.15. The topological polar surface area (TPSA) is 115 Å². The average molecular weight is 623 g/mol. The van der Waals surface area contributed by atoms with Crippen LogP contribution in [-0.2, 0) is 9.13 Å². The first-order chi connectivity index (χ1) is 20.8. The second-order valence-corrected chi connectivity index (χ2v) is 14.6. The molecule has 8 heteroatoms. The Labute approximate surface area is 256 Å². The van der Waals surface area contributed by atoms with E-state index in [0.29, 0.717) is 21.5 Å². The number of hydrogen-bond donors (Lipinski definition) is 4. The van der Waals surface area contributed by atoms with Crippen molar-refractivity contribution in [2.75, 3.05) is 0 Å². The molecule has 0 bridgehead atoms. The van der Waals surface area contributed by atoms with E-state index in [1.165, 1.54) is 12.1 Å². The molecule has 0 aliphatic heterocycles. The van der Waals surface area contributed by atoms with E-state index in [0.717, 1.165) is 44.5 Å². The summed E-state index contributed by atoms with van der Waals surface area (Å²) in [5.74, 6) is 0. The predicted molar refractivity (Wildman–Crippen MR) is 180 cm³/mol. The van der Waals surface area contributed by atoms with Crippen LogP contribution in [0.1, 0.15) is 22.3 Å². The highest BCUT2D eigenvalue weighted by molar-refractivity contribution is 7.61. The van der Waals surface area contributed by atoms with E-state index < -0.39 is 15.2 Å². The fourth-order valence-electron chi connectivity index (χ4n) is 6.50. The summed E-state index contributed by atoms with van der Waals surface area (Å²) in [5, 5.41) is 1.79. The van der Waals surface area contributed by atoms with Gasteiger partial charge in [0.05, 0.1) is 10.6 Å². The second kappa shape index (κ2) is 10.9. The van der Waals surface area contributed by atoms with E-state index in [9.17, 15) is 28.7 Å². The standard InChI is InChI=1S/C36H32O6P2/c1-21-7-5-8-22(2)33(21)27-11-15-29-25(19-27)13-17-31(43(37,38)39)35(29)36-30-16-12-28(34-23(3)9-6-10-24(34)4)20-26(30)14-18-32(36)44(40,41)42/h5-20H,1-4H3,(H2,37,38,39)(H2,40,41,42). The van der Waals surface area contributed by atoms with Gasteiger partial charge in [0.1, 0.15) is 0 Å². The molecule has 0 radical (unpaired) electrons. The van der Waals surface area contributed by atoms with E-state index in [1.54, 1.807) is 24.3 Å². The SMILES string of the molecule is Cc1cccc(C)c1-c1ccc2c(-c3c(P(=O)(O)O)ccc4cc(-c5c(C)cccc5C)ccc34)c(P(=O)(O)O)ccc2c1. The van der Waals surface area contributed by atoms with E-state index >= 15 is 0 Å². The Morgan fingerprint density at radius 2 is 0.773 bits per heavy atom. The van der Waals surface area contributed by atoms with Gasteiger partial charge in [-0.2, -0.15) is 0 Å². The zero-order valence-corrected chi connectivity index (χ0v) is 26.5. The van der Waals surface area contributed by atoms with Crippen molar-refractivity contribution in [1.29, 1.82) is 0 Å². The summed E-state index contributed by atoms with van der Waals surface area (Å²) in [5.41, 5.74) is 8.61. The normalized spacial score (nSPS) is 12.3. The molecule has 0 fully saturated rings. The highest BCUT2D eigenvalue weighted by atomic mass is 31.2. The van der Waals surface area contributed by atoms with Crippen molar-refractivity contribution in [2.24, 2.45) is 0 Å². The van der Waals surface area contributed by atoms with Gasteiger partial charge in [0, 0.05) is 11.1 Å². The van der Waals surface area contributed by atoms with Gasteiger partial charge in [-0.05, 0) is 118 Å². The smallest absolute Gasteiger partial charge is 0.321 e. The summed E-state index contributed by atoms with van der Waals surface area (Å²) in [7, 11) is -9.77. The first-order valence-corrected chi connectivity index (χ1v) is 17.4. The maximum atomic E-state index is 13.0. The van der Waals surface area contributed by atoms with E-state index in [4.69, 9.17) is 0 Å². The third-order valence-electron chi connectivity index (χ3n) is 8.41. The van der Waals surface area contributed by atoms with Crippen LogP contribution in [0.4, 0.5) is 0 Å². The molecule has 0 aliphatic rings.